The van der Waals surface area contributed by atoms with Crippen LogP contribution in [0.3, 0.4) is 0 Å². The molecule has 2 bridgehead atoms. The standard InChI is InChI=1S/C17H26O2/c1-3-18-16-9-14-13-8-7-12-5-4-6-15(19-16)17(12,14)10-11(13)2/h7,11,13-16H,3-6,8-10H2,1-2H3/t11-,13+,14+,15-,16?,17-/m1/s1. The van der Waals surface area contributed by atoms with Crippen molar-refractivity contribution in [3.63, 3.8) is 0 Å². The molecule has 0 aromatic heterocycles. The van der Waals surface area contributed by atoms with Crippen molar-refractivity contribution >= 4 is 0 Å². The van der Waals surface area contributed by atoms with Crippen LogP contribution in [0, 0.1) is 23.2 Å². The van der Waals surface area contributed by atoms with Gasteiger partial charge < -0.3 is 9.47 Å². The second-order valence-electron chi connectivity index (χ2n) is 7.09. The molecule has 1 saturated heterocycles. The van der Waals surface area contributed by atoms with Crippen molar-refractivity contribution in [1.29, 1.82) is 0 Å². The third kappa shape index (κ3) is 1.56. The van der Waals surface area contributed by atoms with Gasteiger partial charge in [-0.3, -0.25) is 0 Å². The molecule has 3 aliphatic carbocycles. The molecular weight excluding hydrogens is 236 g/mol. The summed E-state index contributed by atoms with van der Waals surface area (Å²) in [5, 5.41) is 0. The van der Waals surface area contributed by atoms with E-state index in [9.17, 15) is 0 Å². The van der Waals surface area contributed by atoms with Gasteiger partial charge in [0, 0.05) is 18.4 Å². The lowest BCUT2D eigenvalue weighted by Crippen LogP contribution is -2.53. The predicted molar refractivity (Wildman–Crippen MR) is 74.6 cm³/mol. The molecule has 0 radical (unpaired) electrons. The Morgan fingerprint density at radius 1 is 1.47 bits per heavy atom. The Morgan fingerprint density at radius 3 is 3.21 bits per heavy atom. The van der Waals surface area contributed by atoms with Gasteiger partial charge in [0.2, 0.25) is 0 Å². The number of hydrogen-bond acceptors (Lipinski definition) is 2. The molecule has 19 heavy (non-hydrogen) atoms. The van der Waals surface area contributed by atoms with Gasteiger partial charge in [-0.1, -0.05) is 18.6 Å². The van der Waals surface area contributed by atoms with Crippen molar-refractivity contribution in [1.82, 2.24) is 0 Å². The normalized spacial score (nSPS) is 51.7. The highest BCUT2D eigenvalue weighted by molar-refractivity contribution is 5.30. The van der Waals surface area contributed by atoms with Crippen molar-refractivity contribution in [3.8, 4) is 0 Å². The van der Waals surface area contributed by atoms with Gasteiger partial charge in [-0.05, 0) is 56.8 Å². The van der Waals surface area contributed by atoms with E-state index in [1.165, 1.54) is 32.1 Å². The molecule has 0 aromatic carbocycles. The first-order valence-corrected chi connectivity index (χ1v) is 8.22. The Hall–Kier alpha value is -0.340. The number of rotatable bonds is 2. The van der Waals surface area contributed by atoms with Gasteiger partial charge in [0.1, 0.15) is 0 Å². The quantitative estimate of drug-likeness (QED) is 0.702. The number of hydrogen-bond donors (Lipinski definition) is 0. The van der Waals surface area contributed by atoms with Crippen molar-refractivity contribution < 1.29 is 9.47 Å². The molecule has 4 rings (SSSR count). The average Bonchev–Trinajstić information content (AvgIpc) is 2.57. The maximum Gasteiger partial charge on any atom is 0.158 e. The lowest BCUT2D eigenvalue weighted by molar-refractivity contribution is -0.247. The first-order valence-electron chi connectivity index (χ1n) is 8.22. The van der Waals surface area contributed by atoms with Crippen LogP contribution in [0.25, 0.3) is 0 Å². The van der Waals surface area contributed by atoms with Gasteiger partial charge in [0.05, 0.1) is 6.10 Å². The van der Waals surface area contributed by atoms with E-state index in [0.717, 1.165) is 30.8 Å². The summed E-state index contributed by atoms with van der Waals surface area (Å²) in [7, 11) is 0. The summed E-state index contributed by atoms with van der Waals surface area (Å²) in [5.41, 5.74) is 2.16. The lowest BCUT2D eigenvalue weighted by Gasteiger charge is -2.55. The SMILES string of the molecule is CCOC1C[C@H]2[C@H]3CC=C4CCC[C@@H](O1)[C@]42C[C@H]3C. The van der Waals surface area contributed by atoms with Gasteiger partial charge in [-0.2, -0.15) is 0 Å². The zero-order valence-electron chi connectivity index (χ0n) is 12.2. The fraction of sp³-hybridized carbons (Fsp3) is 0.882. The molecule has 1 heterocycles. The Bertz CT molecular complexity index is 402. The molecule has 0 amide bonds. The molecule has 1 unspecified atom stereocenters. The third-order valence-electron chi connectivity index (χ3n) is 6.41. The van der Waals surface area contributed by atoms with Gasteiger partial charge in [0.25, 0.3) is 0 Å². The van der Waals surface area contributed by atoms with Crippen molar-refractivity contribution in [3.05, 3.63) is 11.6 Å². The molecule has 1 spiro atoms. The summed E-state index contributed by atoms with van der Waals surface area (Å²) in [4.78, 5) is 0. The Morgan fingerprint density at radius 2 is 2.37 bits per heavy atom. The highest BCUT2D eigenvalue weighted by atomic mass is 16.7. The van der Waals surface area contributed by atoms with Crippen LogP contribution in [-0.2, 0) is 9.47 Å². The van der Waals surface area contributed by atoms with E-state index in [-0.39, 0.29) is 6.29 Å². The Labute approximate surface area is 116 Å². The van der Waals surface area contributed by atoms with Crippen molar-refractivity contribution in [2.24, 2.45) is 23.2 Å². The minimum Gasteiger partial charge on any atom is -0.353 e. The van der Waals surface area contributed by atoms with E-state index in [2.05, 4.69) is 19.9 Å². The van der Waals surface area contributed by atoms with Crippen LogP contribution in [0.1, 0.15) is 52.4 Å². The summed E-state index contributed by atoms with van der Waals surface area (Å²) in [6, 6.07) is 0. The first kappa shape index (κ1) is 12.4. The summed E-state index contributed by atoms with van der Waals surface area (Å²) in [5.74, 6) is 2.58. The first-order chi connectivity index (χ1) is 9.25. The van der Waals surface area contributed by atoms with E-state index >= 15 is 0 Å². The van der Waals surface area contributed by atoms with Crippen LogP contribution < -0.4 is 0 Å². The lowest BCUT2D eigenvalue weighted by atomic mass is 9.57. The Kier molecular flexibility index (Phi) is 2.82. The van der Waals surface area contributed by atoms with Gasteiger partial charge in [-0.15, -0.1) is 0 Å². The fourth-order valence-corrected chi connectivity index (χ4v) is 5.81. The number of ether oxygens (including phenoxy) is 2. The fourth-order valence-electron chi connectivity index (χ4n) is 5.81. The minimum atomic E-state index is 0.0679. The van der Waals surface area contributed by atoms with Crippen LogP contribution in [-0.4, -0.2) is 19.0 Å². The smallest absolute Gasteiger partial charge is 0.158 e. The maximum atomic E-state index is 6.37. The average molecular weight is 262 g/mol. The van der Waals surface area contributed by atoms with Gasteiger partial charge in [-0.25, -0.2) is 0 Å². The molecule has 0 aromatic rings. The molecule has 1 aliphatic heterocycles. The maximum absolute atomic E-state index is 6.37. The highest BCUT2D eigenvalue weighted by Gasteiger charge is 2.62. The summed E-state index contributed by atoms with van der Waals surface area (Å²) >= 11 is 0. The van der Waals surface area contributed by atoms with Crippen LogP contribution in [0.4, 0.5) is 0 Å². The monoisotopic (exact) mass is 262 g/mol. The van der Waals surface area contributed by atoms with Crippen molar-refractivity contribution in [2.75, 3.05) is 6.61 Å². The topological polar surface area (TPSA) is 18.5 Å². The predicted octanol–water partition coefficient (Wildman–Crippen LogP) is 3.91. The van der Waals surface area contributed by atoms with Crippen LogP contribution in [0.15, 0.2) is 11.6 Å². The zero-order valence-corrected chi connectivity index (χ0v) is 12.2. The second kappa shape index (κ2) is 4.33. The highest BCUT2D eigenvalue weighted by Crippen LogP contribution is 2.67. The van der Waals surface area contributed by atoms with Gasteiger partial charge in [0.15, 0.2) is 6.29 Å². The van der Waals surface area contributed by atoms with E-state index in [0.29, 0.717) is 11.5 Å². The van der Waals surface area contributed by atoms with E-state index in [1.807, 2.05) is 0 Å². The van der Waals surface area contributed by atoms with Crippen molar-refractivity contribution in [2.45, 2.75) is 64.8 Å². The molecule has 2 saturated carbocycles. The van der Waals surface area contributed by atoms with Gasteiger partial charge >= 0.3 is 0 Å². The Balaban J connectivity index is 1.73. The van der Waals surface area contributed by atoms with E-state index in [1.54, 1.807) is 5.57 Å². The number of allylic oxidation sites excluding steroid dienone is 1. The molecule has 3 fully saturated rings. The van der Waals surface area contributed by atoms with Crippen LogP contribution >= 0.6 is 0 Å². The summed E-state index contributed by atoms with van der Waals surface area (Å²) in [6.45, 7) is 5.33. The van der Waals surface area contributed by atoms with Crippen LogP contribution in [0.5, 0.6) is 0 Å². The molecule has 2 nitrogen and oxygen atoms in total. The van der Waals surface area contributed by atoms with E-state index in [4.69, 9.17) is 9.47 Å². The molecule has 0 N–H and O–H groups in total. The largest absolute Gasteiger partial charge is 0.353 e. The molecule has 2 heteroatoms. The molecule has 106 valence electrons. The second-order valence-corrected chi connectivity index (χ2v) is 7.09. The minimum absolute atomic E-state index is 0.0679. The molecular formula is C17H26O2. The zero-order chi connectivity index (χ0) is 13.0. The third-order valence-corrected chi connectivity index (χ3v) is 6.41. The molecule has 4 aliphatic rings. The van der Waals surface area contributed by atoms with E-state index < -0.39 is 0 Å². The molecule has 6 atom stereocenters. The summed E-state index contributed by atoms with van der Waals surface area (Å²) < 4.78 is 12.2. The summed E-state index contributed by atoms with van der Waals surface area (Å²) in [6.07, 6.45) is 10.8. The van der Waals surface area contributed by atoms with Crippen LogP contribution in [0.2, 0.25) is 0 Å².